The van der Waals surface area contributed by atoms with E-state index >= 15 is 0 Å². The summed E-state index contributed by atoms with van der Waals surface area (Å²) < 4.78 is 43.0. The summed E-state index contributed by atoms with van der Waals surface area (Å²) in [5.74, 6) is -0.511. The quantitative estimate of drug-likeness (QED) is 0.868. The minimum absolute atomic E-state index is 0.106. The minimum Gasteiger partial charge on any atom is -0.387 e. The number of ether oxygens (including phenoxy) is 1. The van der Waals surface area contributed by atoms with E-state index in [0.29, 0.717) is 19.4 Å². The van der Waals surface area contributed by atoms with E-state index in [9.17, 15) is 23.1 Å². The maximum absolute atomic E-state index is 12.5. The van der Waals surface area contributed by atoms with Crippen molar-refractivity contribution < 1.29 is 27.8 Å². The van der Waals surface area contributed by atoms with Gasteiger partial charge >= 0.3 is 6.18 Å². The molecule has 1 saturated heterocycles. The van der Waals surface area contributed by atoms with Gasteiger partial charge in [-0.25, -0.2) is 0 Å². The highest BCUT2D eigenvalue weighted by molar-refractivity contribution is 5.92. The van der Waals surface area contributed by atoms with Crippen LogP contribution in [0, 0.1) is 0 Å². The third-order valence-electron chi connectivity index (χ3n) is 3.94. The molecule has 21 heavy (non-hydrogen) atoms. The highest BCUT2D eigenvalue weighted by Gasteiger charge is 2.50. The fraction of sp³-hybridized carbons (Fsp3) is 0.615. The molecule has 0 radical (unpaired) electrons. The molecule has 2 N–H and O–H groups in total. The van der Waals surface area contributed by atoms with Crippen molar-refractivity contribution in [3.05, 3.63) is 23.5 Å². The number of rotatable bonds is 2. The van der Waals surface area contributed by atoms with E-state index in [4.69, 9.17) is 4.74 Å². The fourth-order valence-electron chi connectivity index (χ4n) is 2.46. The van der Waals surface area contributed by atoms with E-state index in [-0.39, 0.29) is 18.8 Å². The number of morpholine rings is 1. The Morgan fingerprint density at radius 1 is 1.43 bits per heavy atom. The van der Waals surface area contributed by atoms with Crippen LogP contribution in [0.5, 0.6) is 0 Å². The molecule has 8 heteroatoms. The second kappa shape index (κ2) is 4.74. The van der Waals surface area contributed by atoms with Gasteiger partial charge in [-0.15, -0.1) is 0 Å². The van der Waals surface area contributed by atoms with Crippen LogP contribution in [0.3, 0.4) is 0 Å². The maximum atomic E-state index is 12.5. The van der Waals surface area contributed by atoms with Gasteiger partial charge in [0.1, 0.15) is 17.5 Å². The van der Waals surface area contributed by atoms with Gasteiger partial charge in [-0.3, -0.25) is 4.79 Å². The molecular formula is C13H15F3N2O3. The molecule has 1 aromatic rings. The first-order valence-electron chi connectivity index (χ1n) is 6.69. The first-order valence-corrected chi connectivity index (χ1v) is 6.69. The Morgan fingerprint density at radius 2 is 2.14 bits per heavy atom. The largest absolute Gasteiger partial charge is 0.431 e. The topological polar surface area (TPSA) is 65.6 Å². The van der Waals surface area contributed by atoms with Crippen molar-refractivity contribution in [2.45, 2.75) is 30.7 Å². The third-order valence-corrected chi connectivity index (χ3v) is 3.94. The lowest BCUT2D eigenvalue weighted by Crippen LogP contribution is -2.50. The molecular weight excluding hydrogens is 289 g/mol. The fourth-order valence-corrected chi connectivity index (χ4v) is 2.46. The number of carbonyl (C=O) groups is 1. The predicted molar refractivity (Wildman–Crippen MR) is 65.6 cm³/mol. The minimum atomic E-state index is -4.50. The van der Waals surface area contributed by atoms with Crippen molar-refractivity contribution in [1.29, 1.82) is 0 Å². The van der Waals surface area contributed by atoms with Crippen LogP contribution in [0.1, 0.15) is 29.0 Å². The molecule has 1 unspecified atom stereocenters. The molecule has 0 spiro atoms. The Kier molecular flexibility index (Phi) is 3.25. The van der Waals surface area contributed by atoms with Gasteiger partial charge in [0, 0.05) is 6.54 Å². The van der Waals surface area contributed by atoms with Crippen molar-refractivity contribution in [3.63, 3.8) is 0 Å². The summed E-state index contributed by atoms with van der Waals surface area (Å²) in [4.78, 5) is 15.7. The first kappa shape index (κ1) is 14.4. The van der Waals surface area contributed by atoms with Gasteiger partial charge in [-0.2, -0.15) is 13.2 Å². The zero-order valence-electron chi connectivity index (χ0n) is 11.1. The SMILES string of the molecule is O=C(c1ccc(C(F)(F)F)[nH]1)N1CCOC(C2(O)CC2)C1. The lowest BCUT2D eigenvalue weighted by atomic mass is 10.1. The Labute approximate surface area is 118 Å². The lowest BCUT2D eigenvalue weighted by molar-refractivity contribution is -0.140. The smallest absolute Gasteiger partial charge is 0.387 e. The summed E-state index contributed by atoms with van der Waals surface area (Å²) in [5, 5.41) is 10.0. The molecule has 1 atom stereocenters. The number of hydrogen-bond acceptors (Lipinski definition) is 3. The number of amides is 1. The number of aliphatic hydroxyl groups is 1. The van der Waals surface area contributed by atoms with Gasteiger partial charge in [0.25, 0.3) is 5.91 Å². The van der Waals surface area contributed by atoms with E-state index in [0.717, 1.165) is 12.1 Å². The Morgan fingerprint density at radius 3 is 2.71 bits per heavy atom. The highest BCUT2D eigenvalue weighted by atomic mass is 19.4. The Hall–Kier alpha value is -1.54. The summed E-state index contributed by atoms with van der Waals surface area (Å²) in [6.45, 7) is 0.757. The van der Waals surface area contributed by atoms with E-state index in [1.807, 2.05) is 0 Å². The third kappa shape index (κ3) is 2.77. The Bertz CT molecular complexity index is 551. The molecule has 116 valence electrons. The number of H-pyrrole nitrogens is 1. The van der Waals surface area contributed by atoms with Gasteiger partial charge < -0.3 is 19.7 Å². The normalized spacial score (nSPS) is 25.0. The number of aromatic nitrogens is 1. The van der Waals surface area contributed by atoms with Crippen LogP contribution in [0.25, 0.3) is 0 Å². The maximum Gasteiger partial charge on any atom is 0.431 e. The number of aromatic amines is 1. The van der Waals surface area contributed by atoms with Crippen LogP contribution in [0.2, 0.25) is 0 Å². The zero-order chi connectivity index (χ0) is 15.3. The molecule has 0 aromatic carbocycles. The monoisotopic (exact) mass is 304 g/mol. The van der Waals surface area contributed by atoms with Crippen molar-refractivity contribution >= 4 is 5.91 Å². The molecule has 1 aliphatic heterocycles. The highest BCUT2D eigenvalue weighted by Crippen LogP contribution is 2.41. The van der Waals surface area contributed by atoms with Crippen LogP contribution >= 0.6 is 0 Å². The molecule has 3 rings (SSSR count). The second-order valence-corrected chi connectivity index (χ2v) is 5.50. The molecule has 1 amide bonds. The number of nitrogens with zero attached hydrogens (tertiary/aromatic N) is 1. The van der Waals surface area contributed by atoms with Crippen molar-refractivity contribution in [1.82, 2.24) is 9.88 Å². The second-order valence-electron chi connectivity index (χ2n) is 5.50. The number of halogens is 3. The van der Waals surface area contributed by atoms with Crippen LogP contribution in [0.15, 0.2) is 12.1 Å². The van der Waals surface area contributed by atoms with E-state index < -0.39 is 29.5 Å². The van der Waals surface area contributed by atoms with Gasteiger partial charge in [0.05, 0.1) is 18.8 Å². The van der Waals surface area contributed by atoms with E-state index in [1.165, 1.54) is 4.90 Å². The molecule has 1 aromatic heterocycles. The lowest BCUT2D eigenvalue weighted by Gasteiger charge is -2.35. The van der Waals surface area contributed by atoms with Crippen LogP contribution < -0.4 is 0 Å². The summed E-state index contributed by atoms with van der Waals surface area (Å²) >= 11 is 0. The molecule has 0 bridgehead atoms. The van der Waals surface area contributed by atoms with Gasteiger partial charge in [-0.05, 0) is 25.0 Å². The average Bonchev–Trinajstić information content (AvgIpc) is 3.00. The number of hydrogen-bond donors (Lipinski definition) is 2. The van der Waals surface area contributed by atoms with Crippen molar-refractivity contribution in [2.24, 2.45) is 0 Å². The number of nitrogens with one attached hydrogen (secondary N) is 1. The molecule has 1 aliphatic carbocycles. The van der Waals surface area contributed by atoms with Crippen LogP contribution in [-0.4, -0.2) is 52.3 Å². The molecule has 1 saturated carbocycles. The van der Waals surface area contributed by atoms with Gasteiger partial charge in [-0.1, -0.05) is 0 Å². The first-order chi connectivity index (χ1) is 9.79. The van der Waals surface area contributed by atoms with Crippen molar-refractivity contribution in [3.8, 4) is 0 Å². The van der Waals surface area contributed by atoms with E-state index in [1.54, 1.807) is 0 Å². The zero-order valence-corrected chi connectivity index (χ0v) is 11.1. The van der Waals surface area contributed by atoms with Gasteiger partial charge in [0.2, 0.25) is 0 Å². The molecule has 5 nitrogen and oxygen atoms in total. The average molecular weight is 304 g/mol. The number of alkyl halides is 3. The molecule has 2 heterocycles. The summed E-state index contributed by atoms with van der Waals surface area (Å²) in [6, 6.07) is 1.97. The Balaban J connectivity index is 1.71. The van der Waals surface area contributed by atoms with Crippen molar-refractivity contribution in [2.75, 3.05) is 19.7 Å². The number of carbonyl (C=O) groups excluding carboxylic acids is 1. The van der Waals surface area contributed by atoms with E-state index in [2.05, 4.69) is 4.98 Å². The standard InChI is InChI=1S/C13H15F3N2O3/c14-13(15,16)9-2-1-8(17-9)11(19)18-5-6-21-10(7-18)12(20)3-4-12/h1-2,10,17,20H,3-7H2. The molecule has 2 aliphatic rings. The van der Waals surface area contributed by atoms with Crippen LogP contribution in [-0.2, 0) is 10.9 Å². The molecule has 2 fully saturated rings. The van der Waals surface area contributed by atoms with Crippen LogP contribution in [0.4, 0.5) is 13.2 Å². The summed E-state index contributed by atoms with van der Waals surface area (Å²) in [5.41, 5.74) is -1.94. The van der Waals surface area contributed by atoms with Gasteiger partial charge in [0.15, 0.2) is 0 Å². The summed E-state index contributed by atoms with van der Waals surface area (Å²) in [7, 11) is 0. The predicted octanol–water partition coefficient (Wildman–Crippen LogP) is 1.40. The summed E-state index contributed by atoms with van der Waals surface area (Å²) in [6.07, 6.45) is -3.72.